The first-order valence-electron chi connectivity index (χ1n) is 4.02. The van der Waals surface area contributed by atoms with Crippen LogP contribution < -0.4 is 0 Å². The number of rotatable bonds is 3. The number of imidazole rings is 1. The molecule has 0 amide bonds. The fourth-order valence-corrected chi connectivity index (χ4v) is 1.46. The Kier molecular flexibility index (Phi) is 2.01. The van der Waals surface area contributed by atoms with Gasteiger partial charge in [-0.1, -0.05) is 0 Å². The first kappa shape index (κ1) is 8.58. The summed E-state index contributed by atoms with van der Waals surface area (Å²) in [6, 6.07) is 0.191. The van der Waals surface area contributed by atoms with Gasteiger partial charge in [-0.25, -0.2) is 4.98 Å². The van der Waals surface area contributed by atoms with E-state index in [1.54, 1.807) is 5.01 Å². The average Bonchev–Trinajstić information content (AvgIpc) is 2.83. The van der Waals surface area contributed by atoms with Crippen molar-refractivity contribution in [3.63, 3.8) is 0 Å². The van der Waals surface area contributed by atoms with E-state index in [9.17, 15) is 0 Å². The average molecular weight is 198 g/mol. The van der Waals surface area contributed by atoms with Crippen LogP contribution in [-0.2, 0) is 19.0 Å². The number of aliphatic hydroxyl groups excluding tert-OH is 1. The third-order valence-corrected chi connectivity index (χ3v) is 2.38. The molecule has 2 N–H and O–H groups in total. The van der Waals surface area contributed by atoms with Crippen LogP contribution in [0.5, 0.6) is 0 Å². The molecule has 1 aliphatic rings. The van der Waals surface area contributed by atoms with Gasteiger partial charge in [0.1, 0.15) is 11.9 Å². The van der Waals surface area contributed by atoms with Gasteiger partial charge in [-0.3, -0.25) is 5.01 Å². The maximum absolute atomic E-state index is 8.93. The highest BCUT2D eigenvalue weighted by molar-refractivity contribution is 7.47. The van der Waals surface area contributed by atoms with Crippen LogP contribution >= 0.6 is 0 Å². The van der Waals surface area contributed by atoms with E-state index in [0.717, 1.165) is 23.8 Å². The zero-order chi connectivity index (χ0) is 9.42. The summed E-state index contributed by atoms with van der Waals surface area (Å²) in [5.74, 6) is 0.843. The Morgan fingerprint density at radius 1 is 1.85 bits per heavy atom. The third-order valence-electron chi connectivity index (χ3n) is 2.17. The van der Waals surface area contributed by atoms with Gasteiger partial charge in [0.15, 0.2) is 0 Å². The van der Waals surface area contributed by atoms with Gasteiger partial charge in [0.05, 0.1) is 37.0 Å². The van der Waals surface area contributed by atoms with Crippen molar-refractivity contribution in [1.82, 2.24) is 15.0 Å². The molecule has 0 aliphatic carbocycles. The van der Waals surface area contributed by atoms with Crippen LogP contribution in [0.15, 0.2) is 4.47 Å². The molecule has 1 aromatic rings. The number of aryl methyl sites for hydroxylation is 1. The van der Waals surface area contributed by atoms with Crippen molar-refractivity contribution in [2.24, 2.45) is 4.47 Å². The summed E-state index contributed by atoms with van der Waals surface area (Å²) >= 11 is 4.54. The quantitative estimate of drug-likeness (QED) is 0.682. The Bertz CT molecular complexity index is 337. The molecular formula is C7H10N4OS. The molecule has 1 aromatic heterocycles. The maximum Gasteiger partial charge on any atom is 0.133 e. The van der Waals surface area contributed by atoms with Crippen LogP contribution in [0.25, 0.3) is 0 Å². The van der Waals surface area contributed by atoms with E-state index >= 15 is 0 Å². The molecule has 13 heavy (non-hydrogen) atoms. The number of nitrogens with zero attached hydrogens (tertiary/aromatic N) is 3. The minimum atomic E-state index is -0.00340. The second-order valence-electron chi connectivity index (χ2n) is 3.06. The van der Waals surface area contributed by atoms with Gasteiger partial charge >= 0.3 is 0 Å². The standard InChI is InChI=1S/C7H10N4OS/c1-4-5(3-12)9-7(8-4)6-2-11(6)10-13/h6,12H,2-3H2,1H3,(H,8,9). The zero-order valence-corrected chi connectivity index (χ0v) is 8.01. The molecule has 0 saturated carbocycles. The second-order valence-corrected chi connectivity index (χ2v) is 3.23. The van der Waals surface area contributed by atoms with E-state index in [1.165, 1.54) is 0 Å². The van der Waals surface area contributed by atoms with Gasteiger partial charge in [-0.2, -0.15) is 0 Å². The minimum Gasteiger partial charge on any atom is -0.390 e. The van der Waals surface area contributed by atoms with Crippen LogP contribution in [0.2, 0.25) is 0 Å². The molecule has 2 rings (SSSR count). The molecule has 0 aromatic carbocycles. The lowest BCUT2D eigenvalue weighted by Gasteiger charge is -1.91. The molecule has 2 heterocycles. The summed E-state index contributed by atoms with van der Waals surface area (Å²) in [5, 5.41) is 10.7. The van der Waals surface area contributed by atoms with E-state index in [2.05, 4.69) is 26.9 Å². The second kappa shape index (κ2) is 3.04. The maximum atomic E-state index is 8.93. The van der Waals surface area contributed by atoms with Gasteiger partial charge in [0.25, 0.3) is 0 Å². The highest BCUT2D eigenvalue weighted by Gasteiger charge is 2.37. The van der Waals surface area contributed by atoms with Gasteiger partial charge in [-0.15, -0.1) is 4.47 Å². The normalized spacial score (nSPS) is 20.5. The predicted octanol–water partition coefficient (Wildman–Crippen LogP) is 0.213. The predicted molar refractivity (Wildman–Crippen MR) is 48.5 cm³/mol. The van der Waals surface area contributed by atoms with Crippen molar-refractivity contribution in [1.29, 1.82) is 0 Å². The van der Waals surface area contributed by atoms with Gasteiger partial charge in [0.2, 0.25) is 0 Å². The number of H-pyrrole nitrogens is 1. The lowest BCUT2D eigenvalue weighted by molar-refractivity contribution is 0.276. The van der Waals surface area contributed by atoms with E-state index in [4.69, 9.17) is 5.11 Å². The van der Waals surface area contributed by atoms with Crippen LogP contribution in [0.3, 0.4) is 0 Å². The van der Waals surface area contributed by atoms with Crippen molar-refractivity contribution in [3.05, 3.63) is 17.2 Å². The highest BCUT2D eigenvalue weighted by Crippen LogP contribution is 2.33. The lowest BCUT2D eigenvalue weighted by atomic mass is 10.4. The number of aliphatic hydroxyl groups is 1. The largest absolute Gasteiger partial charge is 0.390 e. The van der Waals surface area contributed by atoms with Gasteiger partial charge < -0.3 is 10.1 Å². The lowest BCUT2D eigenvalue weighted by Crippen LogP contribution is -1.90. The smallest absolute Gasteiger partial charge is 0.133 e. The molecule has 0 bridgehead atoms. The third kappa shape index (κ3) is 1.42. The molecule has 70 valence electrons. The van der Waals surface area contributed by atoms with Crippen LogP contribution in [0, 0.1) is 6.92 Å². The Morgan fingerprint density at radius 3 is 3.08 bits per heavy atom. The summed E-state index contributed by atoms with van der Waals surface area (Å²) in [6.45, 7) is 2.68. The molecule has 1 fully saturated rings. The fourth-order valence-electron chi connectivity index (χ4n) is 1.28. The number of hydrogen-bond donors (Lipinski definition) is 2. The highest BCUT2D eigenvalue weighted by atomic mass is 32.1. The summed E-state index contributed by atoms with van der Waals surface area (Å²) in [5.41, 5.74) is 1.61. The summed E-state index contributed by atoms with van der Waals surface area (Å²) in [6.07, 6.45) is 0. The van der Waals surface area contributed by atoms with Gasteiger partial charge in [0, 0.05) is 0 Å². The molecular weight excluding hydrogens is 188 g/mol. The van der Waals surface area contributed by atoms with E-state index < -0.39 is 0 Å². The first-order valence-corrected chi connectivity index (χ1v) is 4.39. The number of aromatic nitrogens is 2. The van der Waals surface area contributed by atoms with Crippen LogP contribution in [0.4, 0.5) is 0 Å². The molecule has 0 spiro atoms. The van der Waals surface area contributed by atoms with Crippen molar-refractivity contribution >= 4 is 12.4 Å². The van der Waals surface area contributed by atoms with Gasteiger partial charge in [-0.05, 0) is 6.92 Å². The number of nitrogens with one attached hydrogen (secondary N) is 1. The topological polar surface area (TPSA) is 64.3 Å². The van der Waals surface area contributed by atoms with E-state index in [-0.39, 0.29) is 12.6 Å². The molecule has 5 nitrogen and oxygen atoms in total. The Hall–Kier alpha value is -1.01. The van der Waals surface area contributed by atoms with Crippen molar-refractivity contribution < 1.29 is 5.11 Å². The van der Waals surface area contributed by atoms with E-state index in [0.29, 0.717) is 0 Å². The molecule has 1 saturated heterocycles. The summed E-state index contributed by atoms with van der Waals surface area (Å²) < 4.78 is 3.62. The Balaban J connectivity index is 2.18. The number of aromatic amines is 1. The van der Waals surface area contributed by atoms with E-state index in [1.807, 2.05) is 6.92 Å². The molecule has 0 radical (unpaired) electrons. The molecule has 6 heteroatoms. The van der Waals surface area contributed by atoms with Crippen molar-refractivity contribution in [3.8, 4) is 0 Å². The SMILES string of the molecule is Cc1nc(C2CN2N=S)[nH]c1CO. The zero-order valence-electron chi connectivity index (χ0n) is 7.19. The van der Waals surface area contributed by atoms with Crippen LogP contribution in [-0.4, -0.2) is 26.6 Å². The monoisotopic (exact) mass is 198 g/mol. The Morgan fingerprint density at radius 2 is 2.62 bits per heavy atom. The molecule has 1 unspecified atom stereocenters. The summed E-state index contributed by atoms with van der Waals surface area (Å²) in [7, 11) is 0. The Labute approximate surface area is 80.9 Å². The number of hydrogen-bond acceptors (Lipinski definition) is 4. The molecule has 1 aliphatic heterocycles. The van der Waals surface area contributed by atoms with Crippen LogP contribution in [0.1, 0.15) is 23.3 Å². The van der Waals surface area contributed by atoms with Crippen molar-refractivity contribution in [2.45, 2.75) is 19.6 Å². The minimum absolute atomic E-state index is 0.00340. The fraction of sp³-hybridized carbons (Fsp3) is 0.571. The first-order chi connectivity index (χ1) is 6.26. The molecule has 1 atom stereocenters. The summed E-state index contributed by atoms with van der Waals surface area (Å²) in [4.78, 5) is 7.33. The van der Waals surface area contributed by atoms with Crippen molar-refractivity contribution in [2.75, 3.05) is 6.54 Å².